The minimum Gasteiger partial charge on any atom is -0.497 e. The fourth-order valence-electron chi connectivity index (χ4n) is 3.96. The van der Waals surface area contributed by atoms with Crippen molar-refractivity contribution in [2.75, 3.05) is 7.11 Å². The lowest BCUT2D eigenvalue weighted by atomic mass is 9.94. The number of amides is 1. The molecule has 1 atom stereocenters. The van der Waals surface area contributed by atoms with Crippen molar-refractivity contribution in [3.05, 3.63) is 77.9 Å². The number of fused-ring (bicyclic) bond motifs is 1. The van der Waals surface area contributed by atoms with Crippen molar-refractivity contribution in [1.82, 2.24) is 24.9 Å². The van der Waals surface area contributed by atoms with Gasteiger partial charge >= 0.3 is 0 Å². The number of aryl methyl sites for hydroxylation is 1. The number of nitrogens with one attached hydrogen (secondary N) is 1. The Balaban J connectivity index is 1.35. The van der Waals surface area contributed by atoms with Gasteiger partial charge in [-0.3, -0.25) is 4.79 Å². The molecule has 7 nitrogen and oxygen atoms in total. The smallest absolute Gasteiger partial charge is 0.231 e. The van der Waals surface area contributed by atoms with Gasteiger partial charge in [-0.1, -0.05) is 29.8 Å². The molecule has 1 aliphatic rings. The molecule has 0 saturated heterocycles. The van der Waals surface area contributed by atoms with E-state index < -0.39 is 5.41 Å². The Hall–Kier alpha value is -3.74. The van der Waals surface area contributed by atoms with E-state index in [2.05, 4.69) is 51.6 Å². The number of carbonyl (C=O) groups is 1. The van der Waals surface area contributed by atoms with Crippen molar-refractivity contribution in [2.24, 2.45) is 0 Å². The zero-order valence-corrected chi connectivity index (χ0v) is 18.4. The predicted molar refractivity (Wildman–Crippen MR) is 121 cm³/mol. The summed E-state index contributed by atoms with van der Waals surface area (Å²) in [5.41, 5.74) is 4.28. The van der Waals surface area contributed by atoms with Crippen molar-refractivity contribution in [3.8, 4) is 17.0 Å². The second-order valence-corrected chi connectivity index (χ2v) is 8.42. The van der Waals surface area contributed by atoms with Crippen LogP contribution in [0.4, 0.5) is 0 Å². The summed E-state index contributed by atoms with van der Waals surface area (Å²) in [7, 11) is 1.64. The summed E-state index contributed by atoms with van der Waals surface area (Å²) >= 11 is 0. The van der Waals surface area contributed by atoms with Gasteiger partial charge in [0.2, 0.25) is 5.91 Å². The van der Waals surface area contributed by atoms with E-state index in [1.807, 2.05) is 37.3 Å². The molecule has 0 aliphatic heterocycles. The largest absolute Gasteiger partial charge is 0.497 e. The minimum absolute atomic E-state index is 0.0322. The van der Waals surface area contributed by atoms with Crippen LogP contribution in [0.3, 0.4) is 0 Å². The Kier molecular flexibility index (Phi) is 4.89. The number of rotatable bonds is 6. The maximum absolute atomic E-state index is 13.1. The average Bonchev–Trinajstić information content (AvgIpc) is 3.51. The summed E-state index contributed by atoms with van der Waals surface area (Å²) in [6, 6.07) is 17.5. The Morgan fingerprint density at radius 1 is 1.12 bits per heavy atom. The van der Waals surface area contributed by atoms with Crippen LogP contribution in [-0.4, -0.2) is 32.6 Å². The zero-order valence-electron chi connectivity index (χ0n) is 18.4. The topological polar surface area (TPSA) is 81.4 Å². The molecule has 0 spiro atoms. The minimum atomic E-state index is -0.426. The molecule has 32 heavy (non-hydrogen) atoms. The molecule has 1 aliphatic carbocycles. The first-order chi connectivity index (χ1) is 15.5. The predicted octanol–water partition coefficient (Wildman–Crippen LogP) is 4.02. The zero-order chi connectivity index (χ0) is 22.3. The summed E-state index contributed by atoms with van der Waals surface area (Å²) in [6.07, 6.45) is 3.37. The van der Waals surface area contributed by atoms with E-state index in [9.17, 15) is 4.79 Å². The average molecular weight is 428 g/mol. The molecule has 1 amide bonds. The van der Waals surface area contributed by atoms with E-state index in [4.69, 9.17) is 4.74 Å². The maximum atomic E-state index is 13.1. The second-order valence-electron chi connectivity index (χ2n) is 8.42. The van der Waals surface area contributed by atoms with Crippen molar-refractivity contribution >= 4 is 11.6 Å². The van der Waals surface area contributed by atoms with Gasteiger partial charge in [-0.05, 0) is 56.5 Å². The van der Waals surface area contributed by atoms with Gasteiger partial charge in [0.15, 0.2) is 11.5 Å². The number of hydrogen-bond acceptors (Lipinski definition) is 5. The molecule has 7 heteroatoms. The molecule has 1 fully saturated rings. The van der Waals surface area contributed by atoms with Crippen molar-refractivity contribution < 1.29 is 9.53 Å². The standard InChI is InChI=1S/C25H25N5O2/c1-16-4-8-19(9-5-16)25(12-13-25)24(31)27-17(2)23-28-22-14-21(26-15-30(22)29-23)18-6-10-20(32-3)11-7-18/h4-11,14-15,17H,12-13H2,1-3H3,(H,27,31)/t17-/m1/s1. The number of aromatic nitrogens is 4. The molecule has 1 saturated carbocycles. The van der Waals surface area contributed by atoms with E-state index >= 15 is 0 Å². The summed E-state index contributed by atoms with van der Waals surface area (Å²) in [6.45, 7) is 3.96. The van der Waals surface area contributed by atoms with E-state index in [1.165, 1.54) is 5.56 Å². The molecule has 162 valence electrons. The highest BCUT2D eigenvalue weighted by Crippen LogP contribution is 2.48. The molecular weight excluding hydrogens is 402 g/mol. The van der Waals surface area contributed by atoms with Gasteiger partial charge < -0.3 is 10.1 Å². The van der Waals surface area contributed by atoms with Crippen LogP contribution in [0, 0.1) is 6.92 Å². The highest BCUT2D eigenvalue weighted by Gasteiger charge is 2.51. The Labute approximate surface area is 186 Å². The molecule has 4 aromatic rings. The van der Waals surface area contributed by atoms with Crippen molar-refractivity contribution in [1.29, 1.82) is 0 Å². The van der Waals surface area contributed by atoms with Crippen LogP contribution in [0.15, 0.2) is 60.9 Å². The quantitative estimate of drug-likeness (QED) is 0.503. The fraction of sp³-hybridized carbons (Fsp3) is 0.280. The van der Waals surface area contributed by atoms with Crippen LogP contribution in [-0.2, 0) is 10.2 Å². The Bertz CT molecular complexity index is 1270. The van der Waals surface area contributed by atoms with Crippen LogP contribution in [0.1, 0.15) is 42.8 Å². The molecule has 1 N–H and O–H groups in total. The number of methoxy groups -OCH3 is 1. The van der Waals surface area contributed by atoms with E-state index in [1.54, 1.807) is 18.0 Å². The molecule has 0 unspecified atom stereocenters. The Morgan fingerprint density at radius 3 is 2.50 bits per heavy atom. The third-order valence-corrected chi connectivity index (χ3v) is 6.16. The van der Waals surface area contributed by atoms with Gasteiger partial charge in [0.05, 0.1) is 24.3 Å². The number of hydrogen-bond donors (Lipinski definition) is 1. The maximum Gasteiger partial charge on any atom is 0.231 e. The monoisotopic (exact) mass is 427 g/mol. The highest BCUT2D eigenvalue weighted by atomic mass is 16.5. The first-order valence-electron chi connectivity index (χ1n) is 10.7. The van der Waals surface area contributed by atoms with Gasteiger partial charge in [-0.15, -0.1) is 5.10 Å². The van der Waals surface area contributed by atoms with Gasteiger partial charge in [0.25, 0.3) is 0 Å². The molecule has 5 rings (SSSR count). The summed E-state index contributed by atoms with van der Waals surface area (Å²) in [5.74, 6) is 1.39. The Morgan fingerprint density at radius 2 is 1.84 bits per heavy atom. The number of ether oxygens (including phenoxy) is 1. The number of nitrogens with zero attached hydrogens (tertiary/aromatic N) is 4. The second kappa shape index (κ2) is 7.75. The first kappa shape index (κ1) is 20.2. The van der Waals surface area contributed by atoms with Gasteiger partial charge in [0, 0.05) is 11.6 Å². The van der Waals surface area contributed by atoms with Gasteiger partial charge in [0.1, 0.15) is 12.1 Å². The van der Waals surface area contributed by atoms with E-state index in [-0.39, 0.29) is 11.9 Å². The van der Waals surface area contributed by atoms with Gasteiger partial charge in [-0.25, -0.2) is 14.5 Å². The van der Waals surface area contributed by atoms with E-state index in [0.29, 0.717) is 11.5 Å². The van der Waals surface area contributed by atoms with Crippen LogP contribution >= 0.6 is 0 Å². The lowest BCUT2D eigenvalue weighted by Gasteiger charge is -2.18. The first-order valence-corrected chi connectivity index (χ1v) is 10.7. The number of carbonyl (C=O) groups excluding carboxylic acids is 1. The summed E-state index contributed by atoms with van der Waals surface area (Å²) in [5, 5.41) is 7.64. The van der Waals surface area contributed by atoms with Crippen LogP contribution in [0.2, 0.25) is 0 Å². The molecule has 2 aromatic carbocycles. The molecule has 0 bridgehead atoms. The van der Waals surface area contributed by atoms with Crippen LogP contribution in [0.25, 0.3) is 16.9 Å². The van der Waals surface area contributed by atoms with Crippen LogP contribution < -0.4 is 10.1 Å². The molecular formula is C25H25N5O2. The molecule has 0 radical (unpaired) electrons. The van der Waals surface area contributed by atoms with Crippen LogP contribution in [0.5, 0.6) is 5.75 Å². The third-order valence-electron chi connectivity index (χ3n) is 6.16. The lowest BCUT2D eigenvalue weighted by Crippen LogP contribution is -2.36. The number of benzene rings is 2. The van der Waals surface area contributed by atoms with Crippen molar-refractivity contribution in [3.63, 3.8) is 0 Å². The summed E-state index contributed by atoms with van der Waals surface area (Å²) < 4.78 is 6.85. The SMILES string of the molecule is COc1ccc(-c2cc3nc([C@@H](C)NC(=O)C4(c5ccc(C)cc5)CC4)nn3cn2)cc1. The molecule has 2 heterocycles. The highest BCUT2D eigenvalue weighted by molar-refractivity contribution is 5.91. The normalized spacial score (nSPS) is 15.3. The van der Waals surface area contributed by atoms with E-state index in [0.717, 1.165) is 35.4 Å². The van der Waals surface area contributed by atoms with Gasteiger partial charge in [-0.2, -0.15) is 0 Å². The lowest BCUT2D eigenvalue weighted by molar-refractivity contribution is -0.124. The molecule has 2 aromatic heterocycles. The third kappa shape index (κ3) is 3.60. The van der Waals surface area contributed by atoms with Crippen molar-refractivity contribution in [2.45, 2.75) is 38.1 Å². The summed E-state index contributed by atoms with van der Waals surface area (Å²) in [4.78, 5) is 22.2. The fourth-order valence-corrected chi connectivity index (χ4v) is 3.96.